The van der Waals surface area contributed by atoms with E-state index in [0.717, 1.165) is 32.2 Å². The van der Waals surface area contributed by atoms with Gasteiger partial charge in [0.15, 0.2) is 5.65 Å². The minimum atomic E-state index is -5.79. The number of piperidine rings is 1. The van der Waals surface area contributed by atoms with Crippen molar-refractivity contribution >= 4 is 21.2 Å². The van der Waals surface area contributed by atoms with Crippen LogP contribution in [0.4, 0.5) is 13.2 Å². The molecule has 2 aliphatic rings. The predicted molar refractivity (Wildman–Crippen MR) is 110 cm³/mol. The molecule has 2 fully saturated rings. The van der Waals surface area contributed by atoms with Crippen LogP contribution in [0.3, 0.4) is 0 Å². The van der Waals surface area contributed by atoms with Crippen LogP contribution < -0.4 is 4.18 Å². The molecule has 2 saturated heterocycles. The lowest BCUT2D eigenvalue weighted by atomic mass is 9.96. The second kappa shape index (κ2) is 7.73. The molecule has 0 amide bonds. The molecule has 3 aromatic rings. The number of aromatic nitrogens is 3. The van der Waals surface area contributed by atoms with Crippen LogP contribution in [0.25, 0.3) is 11.0 Å². The molecule has 2 bridgehead atoms. The van der Waals surface area contributed by atoms with Crippen molar-refractivity contribution < 1.29 is 25.8 Å². The van der Waals surface area contributed by atoms with Gasteiger partial charge < -0.3 is 8.75 Å². The Labute approximate surface area is 182 Å². The molecule has 2 aromatic heterocycles. The molecule has 7 nitrogen and oxygen atoms in total. The Kier molecular flexibility index (Phi) is 5.12. The summed E-state index contributed by atoms with van der Waals surface area (Å²) in [6.07, 6.45) is 5.97. The fraction of sp³-hybridized carbons (Fsp3) is 0.429. The molecule has 1 aromatic carbocycles. The maximum Gasteiger partial charge on any atom is 0.534 e. The monoisotopic (exact) mass is 466 g/mol. The van der Waals surface area contributed by atoms with Gasteiger partial charge in [-0.3, -0.25) is 4.90 Å². The topological polar surface area (TPSA) is 77.3 Å². The third-order valence-electron chi connectivity index (χ3n) is 6.38. The lowest BCUT2D eigenvalue weighted by molar-refractivity contribution is -0.0501. The Bertz CT molecular complexity index is 1220. The molecule has 4 heterocycles. The van der Waals surface area contributed by atoms with Gasteiger partial charge >= 0.3 is 15.6 Å². The van der Waals surface area contributed by atoms with Crippen LogP contribution >= 0.6 is 0 Å². The summed E-state index contributed by atoms with van der Waals surface area (Å²) in [5.41, 5.74) is -3.73. The van der Waals surface area contributed by atoms with Crippen LogP contribution in [0.1, 0.15) is 37.3 Å². The highest BCUT2D eigenvalue weighted by atomic mass is 32.2. The quantitative estimate of drug-likeness (QED) is 0.418. The SMILES string of the molecule is O=S(=O)(Oc1cc2ccn(C3CC4CCC(C3)N4Cc3ccccc3)c2nn1)C(F)(F)F. The van der Waals surface area contributed by atoms with E-state index in [2.05, 4.69) is 31.4 Å². The molecule has 5 rings (SSSR count). The number of halogens is 3. The molecule has 0 N–H and O–H groups in total. The predicted octanol–water partition coefficient (Wildman–Crippen LogP) is 4.03. The molecule has 0 aliphatic carbocycles. The van der Waals surface area contributed by atoms with E-state index in [0.29, 0.717) is 23.1 Å². The largest absolute Gasteiger partial charge is 0.534 e. The highest BCUT2D eigenvalue weighted by molar-refractivity contribution is 7.87. The number of alkyl halides is 3. The van der Waals surface area contributed by atoms with Gasteiger partial charge in [-0.05, 0) is 37.3 Å². The first-order valence-corrected chi connectivity index (χ1v) is 11.8. The highest BCUT2D eigenvalue weighted by Gasteiger charge is 2.49. The van der Waals surface area contributed by atoms with E-state index in [-0.39, 0.29) is 6.04 Å². The van der Waals surface area contributed by atoms with Crippen molar-refractivity contribution in [3.8, 4) is 5.88 Å². The number of rotatable bonds is 5. The number of benzene rings is 1. The van der Waals surface area contributed by atoms with Gasteiger partial charge in [0.05, 0.1) is 0 Å². The average molecular weight is 466 g/mol. The number of hydrogen-bond acceptors (Lipinski definition) is 6. The standard InChI is InChI=1S/C21H21F3N4O3S/c22-21(23,24)32(29,30)31-19-10-15-8-9-27(20(15)26-25-19)18-11-16-6-7-17(12-18)28(16)13-14-4-2-1-3-5-14/h1-5,8-10,16-18H,6-7,11-13H2. The van der Waals surface area contributed by atoms with Gasteiger partial charge in [0, 0.05) is 42.3 Å². The van der Waals surface area contributed by atoms with Crippen LogP contribution in [0.2, 0.25) is 0 Å². The van der Waals surface area contributed by atoms with Crippen molar-refractivity contribution in [2.45, 2.75) is 55.9 Å². The first kappa shape index (κ1) is 21.2. The maximum absolute atomic E-state index is 12.6. The minimum absolute atomic E-state index is 0.192. The first-order valence-electron chi connectivity index (χ1n) is 10.4. The molecule has 2 aliphatic heterocycles. The van der Waals surface area contributed by atoms with Gasteiger partial charge in [0.25, 0.3) is 5.88 Å². The second-order valence-electron chi connectivity index (χ2n) is 8.34. The molecule has 170 valence electrons. The van der Waals surface area contributed by atoms with E-state index in [1.54, 1.807) is 6.07 Å². The molecule has 2 atom stereocenters. The fourth-order valence-electron chi connectivity index (χ4n) is 4.96. The third kappa shape index (κ3) is 3.83. The fourth-order valence-corrected chi connectivity index (χ4v) is 5.36. The number of fused-ring (bicyclic) bond motifs is 3. The molecule has 0 saturated carbocycles. The summed E-state index contributed by atoms with van der Waals surface area (Å²) in [5.74, 6) is -0.703. The molecule has 32 heavy (non-hydrogen) atoms. The van der Waals surface area contributed by atoms with Crippen LogP contribution in [-0.2, 0) is 16.7 Å². The second-order valence-corrected chi connectivity index (χ2v) is 9.87. The van der Waals surface area contributed by atoms with Gasteiger partial charge in [-0.25, -0.2) is 0 Å². The van der Waals surface area contributed by atoms with E-state index in [1.165, 1.54) is 11.6 Å². The smallest absolute Gasteiger partial charge is 0.354 e. The zero-order valence-corrected chi connectivity index (χ0v) is 17.8. The van der Waals surface area contributed by atoms with Crippen LogP contribution in [-0.4, -0.2) is 45.7 Å². The average Bonchev–Trinajstić information content (AvgIpc) is 3.24. The van der Waals surface area contributed by atoms with Crippen LogP contribution in [0, 0.1) is 0 Å². The number of hydrogen-bond donors (Lipinski definition) is 0. The van der Waals surface area contributed by atoms with Crippen LogP contribution in [0.15, 0.2) is 48.7 Å². The van der Waals surface area contributed by atoms with E-state index >= 15 is 0 Å². The minimum Gasteiger partial charge on any atom is -0.354 e. The highest BCUT2D eigenvalue weighted by Crippen LogP contribution is 2.42. The van der Waals surface area contributed by atoms with Gasteiger partial charge in [0.2, 0.25) is 0 Å². The summed E-state index contributed by atoms with van der Waals surface area (Å²) >= 11 is 0. The van der Waals surface area contributed by atoms with Crippen molar-refractivity contribution in [3.63, 3.8) is 0 Å². The van der Waals surface area contributed by atoms with E-state index in [9.17, 15) is 21.6 Å². The van der Waals surface area contributed by atoms with E-state index in [1.807, 2.05) is 29.0 Å². The van der Waals surface area contributed by atoms with Crippen molar-refractivity contribution in [2.75, 3.05) is 0 Å². The molecule has 0 radical (unpaired) electrons. The van der Waals surface area contributed by atoms with Gasteiger partial charge in [-0.2, -0.15) is 21.6 Å². The number of nitrogens with zero attached hydrogens (tertiary/aromatic N) is 4. The zero-order chi connectivity index (χ0) is 22.5. The third-order valence-corrected chi connectivity index (χ3v) is 7.34. The summed E-state index contributed by atoms with van der Waals surface area (Å²) < 4.78 is 66.2. The summed E-state index contributed by atoms with van der Waals surface area (Å²) in [7, 11) is -5.79. The lowest BCUT2D eigenvalue weighted by Crippen LogP contribution is -2.42. The maximum atomic E-state index is 12.6. The Morgan fingerprint density at radius 3 is 2.34 bits per heavy atom. The van der Waals surface area contributed by atoms with Crippen molar-refractivity contribution in [3.05, 3.63) is 54.2 Å². The van der Waals surface area contributed by atoms with E-state index < -0.39 is 21.5 Å². The van der Waals surface area contributed by atoms with Crippen molar-refractivity contribution in [1.29, 1.82) is 0 Å². The van der Waals surface area contributed by atoms with Crippen LogP contribution in [0.5, 0.6) is 5.88 Å². The molecular weight excluding hydrogens is 445 g/mol. The Morgan fingerprint density at radius 2 is 1.69 bits per heavy atom. The molecule has 0 spiro atoms. The Hall–Kier alpha value is -2.66. The van der Waals surface area contributed by atoms with Gasteiger partial charge in [-0.15, -0.1) is 10.2 Å². The van der Waals surface area contributed by atoms with Gasteiger partial charge in [0.1, 0.15) is 0 Å². The van der Waals surface area contributed by atoms with E-state index in [4.69, 9.17) is 0 Å². The van der Waals surface area contributed by atoms with Gasteiger partial charge in [-0.1, -0.05) is 30.3 Å². The van der Waals surface area contributed by atoms with Crippen molar-refractivity contribution in [2.24, 2.45) is 0 Å². The molecule has 11 heteroatoms. The molecule has 2 unspecified atom stereocenters. The summed E-state index contributed by atoms with van der Waals surface area (Å²) in [6.45, 7) is 0.920. The summed E-state index contributed by atoms with van der Waals surface area (Å²) in [4.78, 5) is 2.57. The summed E-state index contributed by atoms with van der Waals surface area (Å²) in [6, 6.07) is 14.3. The first-order chi connectivity index (χ1) is 15.2. The Balaban J connectivity index is 1.34. The molecular formula is C21H21F3N4O3S. The lowest BCUT2D eigenvalue weighted by Gasteiger charge is -2.39. The Morgan fingerprint density at radius 1 is 1.00 bits per heavy atom. The summed E-state index contributed by atoms with van der Waals surface area (Å²) in [5, 5.41) is 8.04. The normalized spacial score (nSPS) is 24.2. The zero-order valence-electron chi connectivity index (χ0n) is 16.9. The van der Waals surface area contributed by atoms with Crippen molar-refractivity contribution in [1.82, 2.24) is 19.7 Å².